The molecule has 0 nitrogen and oxygen atoms in total. The van der Waals surface area contributed by atoms with Crippen molar-refractivity contribution < 1.29 is 0 Å². The lowest BCUT2D eigenvalue weighted by Crippen LogP contribution is -2.00. The van der Waals surface area contributed by atoms with Crippen LogP contribution in [0.4, 0.5) is 0 Å². The summed E-state index contributed by atoms with van der Waals surface area (Å²) in [6, 6.07) is 0. The average molecular weight is 157 g/mol. The van der Waals surface area contributed by atoms with E-state index >= 15 is 0 Å². The molecule has 0 fully saturated rings. The fourth-order valence-electron chi connectivity index (χ4n) is 0.178. The number of hydrogen-bond donors (Lipinski definition) is 0. The summed E-state index contributed by atoms with van der Waals surface area (Å²) in [5.41, 5.74) is 0.573. The molecule has 0 spiro atoms. The second kappa shape index (κ2) is 3.76. The van der Waals surface area contributed by atoms with Crippen LogP contribution in [-0.4, -0.2) is 7.42 Å². The Kier molecular flexibility index (Phi) is 4.18. The quantitative estimate of drug-likeness (QED) is 0.426. The van der Waals surface area contributed by atoms with Gasteiger partial charge < -0.3 is 0 Å². The Hall–Kier alpha value is 0.797. The van der Waals surface area contributed by atoms with E-state index in [9.17, 15) is 0 Å². The number of hydrogen-bond acceptors (Lipinski definition) is 0. The molecule has 1 atom stereocenters. The molecular formula is C4H10Cl2Si. The van der Waals surface area contributed by atoms with Gasteiger partial charge in [0.15, 0.2) is 0 Å². The molecule has 44 valence electrons. The predicted octanol–water partition coefficient (Wildman–Crippen LogP) is 2.48. The highest BCUT2D eigenvalue weighted by Gasteiger charge is 2.09. The molecule has 0 N–H and O–H groups in total. The number of halogens is 2. The Bertz CT molecular complexity index is 47.0. The van der Waals surface area contributed by atoms with Gasteiger partial charge >= 0.3 is 0 Å². The van der Waals surface area contributed by atoms with Crippen molar-refractivity contribution >= 4 is 29.6 Å². The third-order valence-electron chi connectivity index (χ3n) is 1.07. The lowest BCUT2D eigenvalue weighted by molar-refractivity contribution is 0.874. The second-order valence-electron chi connectivity index (χ2n) is 1.72. The van der Waals surface area contributed by atoms with Crippen molar-refractivity contribution in [1.29, 1.82) is 0 Å². The maximum atomic E-state index is 5.63. The van der Waals surface area contributed by atoms with Crippen molar-refractivity contribution in [3.8, 4) is 0 Å². The summed E-state index contributed by atoms with van der Waals surface area (Å²) in [4.78, 5) is 0. The smallest absolute Gasteiger partial charge is 0.150 e. The minimum absolute atomic E-state index is 0.573. The van der Waals surface area contributed by atoms with Crippen LogP contribution in [0.25, 0.3) is 0 Å². The minimum Gasteiger partial charge on any atom is -0.150 e. The van der Waals surface area contributed by atoms with Gasteiger partial charge in [-0.1, -0.05) is 20.3 Å². The molecule has 3 heteroatoms. The molecule has 0 rings (SSSR count). The maximum Gasteiger partial charge on any atom is 0.239 e. The normalized spacial score (nSPS) is 15.0. The highest BCUT2D eigenvalue weighted by atomic mass is 35.7. The van der Waals surface area contributed by atoms with Crippen LogP contribution in [0.3, 0.4) is 0 Å². The van der Waals surface area contributed by atoms with E-state index in [4.69, 9.17) is 22.2 Å². The van der Waals surface area contributed by atoms with Crippen molar-refractivity contribution in [1.82, 2.24) is 0 Å². The lowest BCUT2D eigenvalue weighted by atomic mass is 10.4. The van der Waals surface area contributed by atoms with Crippen LogP contribution in [0.2, 0.25) is 5.54 Å². The fraction of sp³-hybridized carbons (Fsp3) is 1.00. The van der Waals surface area contributed by atoms with Crippen LogP contribution in [0.15, 0.2) is 0 Å². The zero-order valence-electron chi connectivity index (χ0n) is 4.62. The number of rotatable bonds is 2. The summed E-state index contributed by atoms with van der Waals surface area (Å²) >= 11 is 11.3. The molecule has 0 aromatic carbocycles. The average Bonchev–Trinajstić information content (AvgIpc) is 1.65. The van der Waals surface area contributed by atoms with Crippen LogP contribution >= 0.6 is 22.2 Å². The molecule has 0 heterocycles. The van der Waals surface area contributed by atoms with Gasteiger partial charge in [-0.3, -0.25) is 0 Å². The van der Waals surface area contributed by atoms with Crippen molar-refractivity contribution in [2.24, 2.45) is 0 Å². The molecule has 0 aliphatic heterocycles. The Morgan fingerprint density at radius 2 is 2.00 bits per heavy atom. The summed E-state index contributed by atoms with van der Waals surface area (Å²) in [5.74, 6) is 0. The molecule has 7 heavy (non-hydrogen) atoms. The largest absolute Gasteiger partial charge is 0.239 e. The zero-order valence-corrected chi connectivity index (χ0v) is 7.28. The van der Waals surface area contributed by atoms with Crippen molar-refractivity contribution in [3.63, 3.8) is 0 Å². The lowest BCUT2D eigenvalue weighted by Gasteiger charge is -2.03. The molecule has 0 amide bonds. The fourth-order valence-corrected chi connectivity index (χ4v) is 1.60. The minimum atomic E-state index is -1.32. The van der Waals surface area contributed by atoms with Gasteiger partial charge in [0.1, 0.15) is 0 Å². The Morgan fingerprint density at radius 1 is 1.57 bits per heavy atom. The topological polar surface area (TPSA) is 0 Å². The molecule has 0 radical (unpaired) electrons. The first-order valence-corrected chi connectivity index (χ1v) is 6.62. The monoisotopic (exact) mass is 156 g/mol. The SMILES string of the molecule is CCC(C)[SiH](Cl)Cl. The molecular weight excluding hydrogens is 147 g/mol. The van der Waals surface area contributed by atoms with E-state index in [1.165, 1.54) is 0 Å². The van der Waals surface area contributed by atoms with Gasteiger partial charge in [0.05, 0.1) is 0 Å². The van der Waals surface area contributed by atoms with Crippen LogP contribution in [0, 0.1) is 0 Å². The summed E-state index contributed by atoms with van der Waals surface area (Å²) in [6.07, 6.45) is 1.11. The molecule has 0 aromatic heterocycles. The van der Waals surface area contributed by atoms with Crippen LogP contribution in [0.5, 0.6) is 0 Å². The summed E-state index contributed by atoms with van der Waals surface area (Å²) in [5, 5.41) is 0. The van der Waals surface area contributed by atoms with E-state index in [2.05, 4.69) is 13.8 Å². The van der Waals surface area contributed by atoms with Gasteiger partial charge in [0.2, 0.25) is 7.42 Å². The van der Waals surface area contributed by atoms with Gasteiger partial charge in [-0.05, 0) is 5.54 Å². The van der Waals surface area contributed by atoms with Gasteiger partial charge in [0, 0.05) is 0 Å². The summed E-state index contributed by atoms with van der Waals surface area (Å²) in [6.45, 7) is 4.20. The van der Waals surface area contributed by atoms with E-state index in [0.717, 1.165) is 6.42 Å². The Balaban J connectivity index is 3.14. The van der Waals surface area contributed by atoms with Crippen LogP contribution in [-0.2, 0) is 0 Å². The van der Waals surface area contributed by atoms with E-state index in [1.54, 1.807) is 0 Å². The van der Waals surface area contributed by atoms with Gasteiger partial charge in [-0.2, -0.15) is 22.2 Å². The first kappa shape index (κ1) is 7.80. The standard InChI is InChI=1S/C4H10Cl2Si/c1-3-4(2)7(5)6/h4,7H,3H2,1-2H3. The third-order valence-corrected chi connectivity index (χ3v) is 4.99. The van der Waals surface area contributed by atoms with Gasteiger partial charge in [-0.15, -0.1) is 0 Å². The molecule has 0 aliphatic carbocycles. The summed E-state index contributed by atoms with van der Waals surface area (Å²) in [7, 11) is -1.32. The zero-order chi connectivity index (χ0) is 5.86. The van der Waals surface area contributed by atoms with Crippen molar-refractivity contribution in [2.45, 2.75) is 25.8 Å². The molecule has 0 aliphatic rings. The van der Waals surface area contributed by atoms with E-state index in [0.29, 0.717) is 5.54 Å². The highest BCUT2D eigenvalue weighted by Crippen LogP contribution is 2.18. The van der Waals surface area contributed by atoms with Crippen LogP contribution < -0.4 is 0 Å². The maximum absolute atomic E-state index is 5.63. The van der Waals surface area contributed by atoms with Crippen molar-refractivity contribution in [2.75, 3.05) is 0 Å². The van der Waals surface area contributed by atoms with E-state index < -0.39 is 7.42 Å². The highest BCUT2D eigenvalue weighted by molar-refractivity contribution is 7.34. The third kappa shape index (κ3) is 3.39. The predicted molar refractivity (Wildman–Crippen MR) is 38.6 cm³/mol. The Morgan fingerprint density at radius 3 is 2.00 bits per heavy atom. The van der Waals surface area contributed by atoms with Gasteiger partial charge in [0.25, 0.3) is 0 Å². The van der Waals surface area contributed by atoms with Gasteiger partial charge in [-0.25, -0.2) is 0 Å². The molecule has 1 unspecified atom stereocenters. The molecule has 0 saturated carbocycles. The van der Waals surface area contributed by atoms with Crippen molar-refractivity contribution in [3.05, 3.63) is 0 Å². The van der Waals surface area contributed by atoms with Crippen LogP contribution in [0.1, 0.15) is 20.3 Å². The molecule has 0 bridgehead atoms. The summed E-state index contributed by atoms with van der Waals surface area (Å²) < 4.78 is 0. The first-order valence-electron chi connectivity index (χ1n) is 2.46. The Labute approximate surface area is 55.8 Å². The molecule has 0 saturated heterocycles. The molecule has 0 aromatic rings. The van der Waals surface area contributed by atoms with E-state index in [1.807, 2.05) is 0 Å². The van der Waals surface area contributed by atoms with E-state index in [-0.39, 0.29) is 0 Å². The first-order chi connectivity index (χ1) is 3.18. The second-order valence-corrected chi connectivity index (χ2v) is 7.02.